The predicted molar refractivity (Wildman–Crippen MR) is 125 cm³/mol. The third-order valence-electron chi connectivity index (χ3n) is 4.58. The van der Waals surface area contributed by atoms with Crippen LogP contribution in [0.1, 0.15) is 22.3 Å². The molecule has 3 aromatic carbocycles. The Balaban J connectivity index is 1.70. The van der Waals surface area contributed by atoms with E-state index >= 15 is 0 Å². The number of nitrogens with two attached hydrogens (primary N) is 2. The van der Waals surface area contributed by atoms with Gasteiger partial charge in [-0.2, -0.15) is 0 Å². The largest absolute Gasteiger partial charge is 0.384 e. The summed E-state index contributed by atoms with van der Waals surface area (Å²) in [7, 11) is 0. The van der Waals surface area contributed by atoms with Crippen LogP contribution in [0, 0.1) is 10.8 Å². The molecule has 9 nitrogen and oxygen atoms in total. The van der Waals surface area contributed by atoms with Gasteiger partial charge in [-0.25, -0.2) is 0 Å². The first-order valence-electron chi connectivity index (χ1n) is 9.49. The Morgan fingerprint density at radius 1 is 0.774 bits per heavy atom. The standard InChI is InChI=1S/C22H23N9/c23-21(24)16-1-5-18(6-2-16)28-12-14-9-15(11-20(10-14)30-31-27)13-29-19-7-3-17(4-8-19)22(25)26/h1-11,28-29H,12-13H2,(H3,23,24)(H3,25,26). The lowest BCUT2D eigenvalue weighted by atomic mass is 10.1. The van der Waals surface area contributed by atoms with Gasteiger partial charge in [-0.15, -0.1) is 0 Å². The molecule has 0 heterocycles. The minimum atomic E-state index is 0.0293. The summed E-state index contributed by atoms with van der Waals surface area (Å²) in [4.78, 5) is 2.90. The number of azide groups is 1. The van der Waals surface area contributed by atoms with Gasteiger partial charge in [-0.1, -0.05) is 11.2 Å². The van der Waals surface area contributed by atoms with Gasteiger partial charge in [0.15, 0.2) is 0 Å². The lowest BCUT2D eigenvalue weighted by molar-refractivity contribution is 1.10. The van der Waals surface area contributed by atoms with E-state index in [9.17, 15) is 0 Å². The van der Waals surface area contributed by atoms with Crippen molar-refractivity contribution in [2.45, 2.75) is 13.1 Å². The van der Waals surface area contributed by atoms with Crippen LogP contribution in [-0.2, 0) is 13.1 Å². The Morgan fingerprint density at radius 3 is 1.55 bits per heavy atom. The van der Waals surface area contributed by atoms with Crippen molar-refractivity contribution in [1.82, 2.24) is 0 Å². The third kappa shape index (κ3) is 5.99. The maximum Gasteiger partial charge on any atom is 0.122 e. The number of amidine groups is 2. The molecule has 0 atom stereocenters. The van der Waals surface area contributed by atoms with E-state index in [0.717, 1.165) is 22.5 Å². The highest BCUT2D eigenvalue weighted by Crippen LogP contribution is 2.21. The molecule has 0 unspecified atom stereocenters. The second kappa shape index (κ2) is 9.82. The molecule has 0 radical (unpaired) electrons. The Kier molecular flexibility index (Phi) is 6.72. The monoisotopic (exact) mass is 413 g/mol. The first kappa shape index (κ1) is 21.2. The summed E-state index contributed by atoms with van der Waals surface area (Å²) in [6, 6.07) is 20.3. The Hall–Kier alpha value is -4.49. The van der Waals surface area contributed by atoms with Crippen LogP contribution in [0.25, 0.3) is 10.4 Å². The van der Waals surface area contributed by atoms with Crippen LogP contribution in [0.15, 0.2) is 71.8 Å². The highest BCUT2D eigenvalue weighted by Gasteiger charge is 2.03. The molecule has 156 valence electrons. The molecule has 31 heavy (non-hydrogen) atoms. The van der Waals surface area contributed by atoms with Crippen LogP contribution in [0.4, 0.5) is 17.1 Å². The topological polar surface area (TPSA) is 173 Å². The molecule has 0 aromatic heterocycles. The van der Waals surface area contributed by atoms with E-state index in [1.165, 1.54) is 0 Å². The van der Waals surface area contributed by atoms with Crippen molar-refractivity contribution in [2.24, 2.45) is 16.6 Å². The van der Waals surface area contributed by atoms with Gasteiger partial charge in [-0.05, 0) is 77.3 Å². The van der Waals surface area contributed by atoms with Gasteiger partial charge in [0.2, 0.25) is 0 Å². The fraction of sp³-hybridized carbons (Fsp3) is 0.0909. The molecule has 3 rings (SSSR count). The van der Waals surface area contributed by atoms with Gasteiger partial charge in [-0.3, -0.25) is 10.8 Å². The minimum Gasteiger partial charge on any atom is -0.384 e. The van der Waals surface area contributed by atoms with Crippen molar-refractivity contribution in [3.63, 3.8) is 0 Å². The number of anilines is 2. The van der Waals surface area contributed by atoms with E-state index in [1.807, 2.05) is 42.5 Å². The first-order chi connectivity index (χ1) is 14.9. The van der Waals surface area contributed by atoms with Crippen molar-refractivity contribution in [3.05, 3.63) is 99.4 Å². The molecule has 0 aliphatic rings. The van der Waals surface area contributed by atoms with Crippen LogP contribution in [0.3, 0.4) is 0 Å². The fourth-order valence-corrected chi connectivity index (χ4v) is 3.00. The zero-order chi connectivity index (χ0) is 22.2. The van der Waals surface area contributed by atoms with Crippen molar-refractivity contribution in [3.8, 4) is 0 Å². The molecular weight excluding hydrogens is 390 g/mol. The van der Waals surface area contributed by atoms with Gasteiger partial charge < -0.3 is 22.1 Å². The number of nitrogen functional groups attached to an aromatic ring is 2. The highest BCUT2D eigenvalue weighted by atomic mass is 15.1. The average molecular weight is 413 g/mol. The third-order valence-corrected chi connectivity index (χ3v) is 4.58. The van der Waals surface area contributed by atoms with Crippen LogP contribution in [0.2, 0.25) is 0 Å². The number of nitrogens with zero attached hydrogens (tertiary/aromatic N) is 3. The lowest BCUT2D eigenvalue weighted by Crippen LogP contribution is -2.11. The Morgan fingerprint density at radius 2 is 1.19 bits per heavy atom. The first-order valence-corrected chi connectivity index (χ1v) is 9.49. The SMILES string of the molecule is [N-]=[N+]=Nc1cc(CNc2ccc(C(=N)N)cc2)cc(CNc2ccc(C(=N)N)cc2)c1. The van der Waals surface area contributed by atoms with Crippen molar-refractivity contribution in [1.29, 1.82) is 10.8 Å². The summed E-state index contributed by atoms with van der Waals surface area (Å²) in [6.45, 7) is 1.07. The van der Waals surface area contributed by atoms with Gasteiger partial charge in [0.1, 0.15) is 11.7 Å². The summed E-state index contributed by atoms with van der Waals surface area (Å²) in [5, 5.41) is 25.3. The van der Waals surface area contributed by atoms with E-state index < -0.39 is 0 Å². The van der Waals surface area contributed by atoms with E-state index in [0.29, 0.717) is 29.9 Å². The quantitative estimate of drug-likeness (QED) is 0.100. The van der Waals surface area contributed by atoms with Crippen molar-refractivity contribution < 1.29 is 0 Å². The molecule has 3 aromatic rings. The molecule has 8 N–H and O–H groups in total. The molecule has 0 amide bonds. The van der Waals surface area contributed by atoms with Crippen molar-refractivity contribution in [2.75, 3.05) is 10.6 Å². The Bertz CT molecular complexity index is 1050. The summed E-state index contributed by atoms with van der Waals surface area (Å²) < 4.78 is 0. The van der Waals surface area contributed by atoms with E-state index in [4.69, 9.17) is 27.8 Å². The zero-order valence-electron chi connectivity index (χ0n) is 16.8. The average Bonchev–Trinajstić information content (AvgIpc) is 2.77. The molecule has 9 heteroatoms. The maximum absolute atomic E-state index is 8.83. The molecule has 0 aliphatic heterocycles. The fourth-order valence-electron chi connectivity index (χ4n) is 3.00. The summed E-state index contributed by atoms with van der Waals surface area (Å²) in [5.41, 5.74) is 25.4. The van der Waals surface area contributed by atoms with E-state index in [1.54, 1.807) is 24.3 Å². The van der Waals surface area contributed by atoms with Gasteiger partial charge >= 0.3 is 0 Å². The van der Waals surface area contributed by atoms with E-state index in [-0.39, 0.29) is 11.7 Å². The minimum absolute atomic E-state index is 0.0293. The number of rotatable bonds is 9. The molecule has 0 aliphatic carbocycles. The lowest BCUT2D eigenvalue weighted by Gasteiger charge is -2.12. The summed E-state index contributed by atoms with van der Waals surface area (Å²) in [6.07, 6.45) is 0. The highest BCUT2D eigenvalue weighted by molar-refractivity contribution is 5.95. The Labute approximate surface area is 179 Å². The predicted octanol–water partition coefficient (Wildman–Crippen LogP) is 4.42. The van der Waals surface area contributed by atoms with Gasteiger partial charge in [0, 0.05) is 46.2 Å². The van der Waals surface area contributed by atoms with Crippen LogP contribution in [-0.4, -0.2) is 11.7 Å². The molecular formula is C22H23N9. The number of hydrogen-bond donors (Lipinski definition) is 6. The summed E-state index contributed by atoms with van der Waals surface area (Å²) >= 11 is 0. The zero-order valence-corrected chi connectivity index (χ0v) is 16.8. The number of nitrogens with one attached hydrogen (secondary N) is 4. The van der Waals surface area contributed by atoms with Crippen LogP contribution < -0.4 is 22.1 Å². The molecule has 0 bridgehead atoms. The second-order valence-corrected chi connectivity index (χ2v) is 6.89. The molecule has 0 saturated heterocycles. The normalized spacial score (nSPS) is 10.1. The second-order valence-electron chi connectivity index (χ2n) is 6.89. The van der Waals surface area contributed by atoms with E-state index in [2.05, 4.69) is 20.7 Å². The van der Waals surface area contributed by atoms with Gasteiger partial charge in [0.05, 0.1) is 0 Å². The maximum atomic E-state index is 8.83. The van der Waals surface area contributed by atoms with Gasteiger partial charge in [0.25, 0.3) is 0 Å². The number of hydrogen-bond acceptors (Lipinski definition) is 5. The summed E-state index contributed by atoms with van der Waals surface area (Å²) in [5.74, 6) is 0.0587. The van der Waals surface area contributed by atoms with Crippen molar-refractivity contribution >= 4 is 28.7 Å². The molecule has 0 fully saturated rings. The van der Waals surface area contributed by atoms with Crippen LogP contribution in [0.5, 0.6) is 0 Å². The number of benzene rings is 3. The smallest absolute Gasteiger partial charge is 0.122 e. The molecule has 0 saturated carbocycles. The molecule has 0 spiro atoms. The van der Waals surface area contributed by atoms with Crippen LogP contribution >= 0.6 is 0 Å².